The average molecular weight is 235 g/mol. The molecule has 1 aromatic rings. The van der Waals surface area contributed by atoms with Gasteiger partial charge in [0, 0.05) is 18.9 Å². The lowest BCUT2D eigenvalue weighted by Gasteiger charge is -2.04. The van der Waals surface area contributed by atoms with Gasteiger partial charge >= 0.3 is 0 Å². The topological polar surface area (TPSA) is 29.9 Å². The lowest BCUT2D eigenvalue weighted by Crippen LogP contribution is -2.20. The molecule has 1 N–H and O–H groups in total. The number of allylic oxidation sites excluding steroid dienone is 1. The third-order valence-corrected chi connectivity index (χ3v) is 2.70. The van der Waals surface area contributed by atoms with E-state index >= 15 is 0 Å². The van der Waals surface area contributed by atoms with Crippen LogP contribution >= 0.6 is 0 Å². The molecule has 0 aliphatic heterocycles. The Hall–Kier alpha value is -1.09. The molecule has 0 atom stereocenters. The Bertz CT molecular complexity index is 326. The maximum atomic E-state index is 4.16. The second-order valence-corrected chi connectivity index (χ2v) is 4.84. The molecule has 3 nitrogen and oxygen atoms in total. The molecule has 0 aromatic carbocycles. The van der Waals surface area contributed by atoms with E-state index in [9.17, 15) is 0 Å². The van der Waals surface area contributed by atoms with Crippen LogP contribution in [0.2, 0.25) is 0 Å². The predicted molar refractivity (Wildman–Crippen MR) is 73.0 cm³/mol. The zero-order valence-electron chi connectivity index (χ0n) is 11.3. The second kappa shape index (κ2) is 8.07. The van der Waals surface area contributed by atoms with Gasteiger partial charge in [-0.3, -0.25) is 4.68 Å². The molecule has 0 aliphatic rings. The molecule has 0 saturated carbocycles. The van der Waals surface area contributed by atoms with Crippen LogP contribution in [0.5, 0.6) is 0 Å². The molecule has 96 valence electrons. The van der Waals surface area contributed by atoms with Gasteiger partial charge in [0.05, 0.1) is 0 Å². The van der Waals surface area contributed by atoms with E-state index in [2.05, 4.69) is 42.5 Å². The predicted octanol–water partition coefficient (Wildman–Crippen LogP) is 2.54. The first-order valence-corrected chi connectivity index (χ1v) is 6.52. The summed E-state index contributed by atoms with van der Waals surface area (Å²) in [5.74, 6) is 0.740. The number of hydrogen-bond donors (Lipinski definition) is 1. The summed E-state index contributed by atoms with van der Waals surface area (Å²) in [4.78, 5) is 0. The van der Waals surface area contributed by atoms with Gasteiger partial charge in [0.1, 0.15) is 0 Å². The van der Waals surface area contributed by atoms with Crippen LogP contribution in [-0.2, 0) is 13.5 Å². The molecule has 17 heavy (non-hydrogen) atoms. The van der Waals surface area contributed by atoms with Gasteiger partial charge in [-0.2, -0.15) is 5.10 Å². The summed E-state index contributed by atoms with van der Waals surface area (Å²) in [6.45, 7) is 6.66. The van der Waals surface area contributed by atoms with Crippen LogP contribution in [-0.4, -0.2) is 22.9 Å². The van der Waals surface area contributed by atoms with E-state index < -0.39 is 0 Å². The maximum Gasteiger partial charge on any atom is 0.0492 e. The molecule has 0 saturated heterocycles. The van der Waals surface area contributed by atoms with E-state index in [1.807, 2.05) is 17.9 Å². The van der Waals surface area contributed by atoms with E-state index in [0.29, 0.717) is 0 Å². The van der Waals surface area contributed by atoms with Crippen LogP contribution in [0, 0.1) is 5.92 Å². The van der Waals surface area contributed by atoms with Crippen LogP contribution in [0.4, 0.5) is 0 Å². The minimum atomic E-state index is 0.740. The molecule has 0 bridgehead atoms. The normalized spacial score (nSPS) is 11.8. The lowest BCUT2D eigenvalue weighted by molar-refractivity contribution is 0.556. The summed E-state index contributed by atoms with van der Waals surface area (Å²) >= 11 is 0. The molecule has 0 spiro atoms. The highest BCUT2D eigenvalue weighted by Gasteiger charge is 1.95. The Morgan fingerprint density at radius 1 is 1.35 bits per heavy atom. The minimum absolute atomic E-state index is 0.740. The fourth-order valence-electron chi connectivity index (χ4n) is 1.69. The first kappa shape index (κ1) is 14.0. The molecule has 1 rings (SSSR count). The van der Waals surface area contributed by atoms with Crippen LogP contribution in [0.15, 0.2) is 24.4 Å². The van der Waals surface area contributed by atoms with E-state index in [1.165, 1.54) is 5.69 Å². The number of rotatable bonds is 8. The first-order valence-electron chi connectivity index (χ1n) is 6.52. The van der Waals surface area contributed by atoms with Gasteiger partial charge in [-0.25, -0.2) is 0 Å². The van der Waals surface area contributed by atoms with Gasteiger partial charge in [0.25, 0.3) is 0 Å². The fourth-order valence-corrected chi connectivity index (χ4v) is 1.69. The van der Waals surface area contributed by atoms with Gasteiger partial charge < -0.3 is 5.32 Å². The molecule has 0 unspecified atom stereocenters. The van der Waals surface area contributed by atoms with Crippen molar-refractivity contribution in [1.82, 2.24) is 15.1 Å². The van der Waals surface area contributed by atoms with Crippen molar-refractivity contribution in [2.45, 2.75) is 33.1 Å². The van der Waals surface area contributed by atoms with Crippen LogP contribution in [0.25, 0.3) is 0 Å². The summed E-state index contributed by atoms with van der Waals surface area (Å²) in [5, 5.41) is 7.59. The zero-order chi connectivity index (χ0) is 12.5. The zero-order valence-corrected chi connectivity index (χ0v) is 11.3. The first-order chi connectivity index (χ1) is 8.20. The number of hydrogen-bond acceptors (Lipinski definition) is 2. The summed E-state index contributed by atoms with van der Waals surface area (Å²) in [5.41, 5.74) is 1.30. The van der Waals surface area contributed by atoms with Crippen LogP contribution < -0.4 is 5.32 Å². The van der Waals surface area contributed by atoms with Crippen molar-refractivity contribution in [1.29, 1.82) is 0 Å². The highest BCUT2D eigenvalue weighted by molar-refractivity contribution is 5.01. The van der Waals surface area contributed by atoms with E-state index in [1.54, 1.807) is 0 Å². The Morgan fingerprint density at radius 2 is 2.12 bits per heavy atom. The fraction of sp³-hybridized carbons (Fsp3) is 0.643. The number of nitrogens with zero attached hydrogens (tertiary/aromatic N) is 2. The summed E-state index contributed by atoms with van der Waals surface area (Å²) in [6.07, 6.45) is 9.69. The molecule has 3 heteroatoms. The second-order valence-electron chi connectivity index (χ2n) is 4.84. The molecule has 0 fully saturated rings. The van der Waals surface area contributed by atoms with Crippen LogP contribution in [0.1, 0.15) is 32.4 Å². The van der Waals surface area contributed by atoms with Crippen molar-refractivity contribution >= 4 is 0 Å². The monoisotopic (exact) mass is 235 g/mol. The smallest absolute Gasteiger partial charge is 0.0492 e. The van der Waals surface area contributed by atoms with E-state index in [4.69, 9.17) is 0 Å². The van der Waals surface area contributed by atoms with Gasteiger partial charge in [0.2, 0.25) is 0 Å². The summed E-state index contributed by atoms with van der Waals surface area (Å²) in [7, 11) is 1.99. The van der Waals surface area contributed by atoms with Crippen molar-refractivity contribution in [3.8, 4) is 0 Å². The Labute approximate surface area is 105 Å². The largest absolute Gasteiger partial charge is 0.316 e. The number of aromatic nitrogens is 2. The standard InChI is InChI=1S/C14H25N3/c1-13(2)12-15-10-7-5-4-6-8-14-9-11-16-17(14)3/h4-5,9,11,13,15H,6-8,10,12H2,1-3H3/b5-4+. The highest BCUT2D eigenvalue weighted by atomic mass is 15.2. The third kappa shape index (κ3) is 6.27. The molecule has 1 heterocycles. The van der Waals surface area contributed by atoms with Crippen molar-refractivity contribution in [2.75, 3.05) is 13.1 Å². The molecular formula is C14H25N3. The SMILES string of the molecule is CC(C)CNCC/C=C/CCc1ccnn1C. The Morgan fingerprint density at radius 3 is 2.76 bits per heavy atom. The molecule has 0 aliphatic carbocycles. The number of nitrogens with one attached hydrogen (secondary N) is 1. The Kier molecular flexibility index (Phi) is 6.63. The highest BCUT2D eigenvalue weighted by Crippen LogP contribution is 2.01. The van der Waals surface area contributed by atoms with Crippen LogP contribution in [0.3, 0.4) is 0 Å². The van der Waals surface area contributed by atoms with Gasteiger partial charge in [0.15, 0.2) is 0 Å². The average Bonchev–Trinajstić information content (AvgIpc) is 2.68. The van der Waals surface area contributed by atoms with E-state index in [-0.39, 0.29) is 0 Å². The van der Waals surface area contributed by atoms with Crippen molar-refractivity contribution in [3.05, 3.63) is 30.1 Å². The number of aryl methyl sites for hydroxylation is 2. The van der Waals surface area contributed by atoms with Gasteiger partial charge in [-0.15, -0.1) is 0 Å². The third-order valence-electron chi connectivity index (χ3n) is 2.70. The summed E-state index contributed by atoms with van der Waals surface area (Å²) < 4.78 is 1.94. The quantitative estimate of drug-likeness (QED) is 0.554. The van der Waals surface area contributed by atoms with Gasteiger partial charge in [-0.05, 0) is 44.3 Å². The van der Waals surface area contributed by atoms with E-state index in [0.717, 1.165) is 38.3 Å². The molecule has 0 radical (unpaired) electrons. The van der Waals surface area contributed by atoms with Crippen molar-refractivity contribution in [3.63, 3.8) is 0 Å². The van der Waals surface area contributed by atoms with Gasteiger partial charge in [-0.1, -0.05) is 26.0 Å². The maximum absolute atomic E-state index is 4.16. The lowest BCUT2D eigenvalue weighted by atomic mass is 10.2. The molecule has 1 aromatic heterocycles. The Balaban J connectivity index is 2.01. The van der Waals surface area contributed by atoms with Crippen molar-refractivity contribution in [2.24, 2.45) is 13.0 Å². The molecule has 0 amide bonds. The molecular weight excluding hydrogens is 210 g/mol. The summed E-state index contributed by atoms with van der Waals surface area (Å²) in [6, 6.07) is 2.08. The van der Waals surface area contributed by atoms with Crippen molar-refractivity contribution < 1.29 is 0 Å². The minimum Gasteiger partial charge on any atom is -0.316 e.